The van der Waals surface area contributed by atoms with E-state index in [9.17, 15) is 9.59 Å². The molecule has 5 nitrogen and oxygen atoms in total. The molecule has 6 heteroatoms. The van der Waals surface area contributed by atoms with Gasteiger partial charge in [0, 0.05) is 6.07 Å². The number of nitrogens with one attached hydrogen (secondary N) is 1. The molecule has 0 radical (unpaired) electrons. The lowest BCUT2D eigenvalue weighted by Crippen LogP contribution is -2.69. The van der Waals surface area contributed by atoms with Gasteiger partial charge in [-0.25, -0.2) is 14.7 Å². The maximum absolute atomic E-state index is 12.6. The molecule has 0 bridgehead atoms. The number of thiophene rings is 1. The second kappa shape index (κ2) is 4.01. The fourth-order valence-corrected chi connectivity index (χ4v) is 3.26. The van der Waals surface area contributed by atoms with Crippen LogP contribution in [-0.4, -0.2) is 24.2 Å². The number of amides is 3. The Morgan fingerprint density at radius 1 is 1.10 bits per heavy atom. The topological polar surface area (TPSA) is 54.6 Å². The average Bonchev–Trinajstić information content (AvgIpc) is 3.07. The van der Waals surface area contributed by atoms with Gasteiger partial charge in [0.2, 0.25) is 5.69 Å². The molecule has 3 amide bonds. The minimum absolute atomic E-state index is 0.223. The Morgan fingerprint density at radius 3 is 2.75 bits per heavy atom. The van der Waals surface area contributed by atoms with Crippen LogP contribution in [0, 0.1) is 0 Å². The molecule has 0 spiro atoms. The van der Waals surface area contributed by atoms with Gasteiger partial charge in [-0.1, -0.05) is 12.1 Å². The molecule has 1 N–H and O–H groups in total. The smallest absolute Gasteiger partial charge is 0.271 e. The van der Waals surface area contributed by atoms with Gasteiger partial charge in [-0.3, -0.25) is 9.69 Å². The second-order valence-corrected chi connectivity index (χ2v) is 5.48. The average molecular weight is 284 g/mol. The standard InChI is InChI=1S/C14H9N3O2S/c18-13-11-8-15-9-4-1-2-5-10(9)16(11)14(19)17(13)12-6-3-7-20-12/h1-8,11H/p+1. The molecule has 2 aliphatic heterocycles. The largest absolute Gasteiger partial charge is 0.337 e. The van der Waals surface area contributed by atoms with E-state index in [1.165, 1.54) is 21.1 Å². The highest BCUT2D eigenvalue weighted by molar-refractivity contribution is 7.14. The van der Waals surface area contributed by atoms with Crippen LogP contribution in [-0.2, 0) is 4.79 Å². The predicted octanol–water partition coefficient (Wildman–Crippen LogP) is 0.886. The van der Waals surface area contributed by atoms with Gasteiger partial charge in [-0.05, 0) is 23.6 Å². The molecule has 98 valence electrons. The molecular weight excluding hydrogens is 274 g/mol. The summed E-state index contributed by atoms with van der Waals surface area (Å²) in [6.45, 7) is 0. The van der Waals surface area contributed by atoms with E-state index >= 15 is 0 Å². The first-order chi connectivity index (χ1) is 9.77. The van der Waals surface area contributed by atoms with Crippen molar-refractivity contribution >= 4 is 45.9 Å². The number of anilines is 2. The molecule has 1 fully saturated rings. The summed E-state index contributed by atoms with van der Waals surface area (Å²) in [5, 5.41) is 2.50. The quantitative estimate of drug-likeness (QED) is 0.791. The summed E-state index contributed by atoms with van der Waals surface area (Å²) in [4.78, 5) is 30.9. The molecule has 4 rings (SSSR count). The molecule has 2 aliphatic rings. The molecule has 1 atom stereocenters. The normalized spacial score (nSPS) is 20.3. The van der Waals surface area contributed by atoms with Gasteiger partial charge in [0.05, 0.1) is 0 Å². The van der Waals surface area contributed by atoms with Crippen molar-refractivity contribution in [3.63, 3.8) is 0 Å². The zero-order valence-corrected chi connectivity index (χ0v) is 11.1. The van der Waals surface area contributed by atoms with E-state index < -0.39 is 6.04 Å². The highest BCUT2D eigenvalue weighted by Gasteiger charge is 2.50. The first kappa shape index (κ1) is 11.4. The van der Waals surface area contributed by atoms with Crippen molar-refractivity contribution in [3.05, 3.63) is 41.8 Å². The molecule has 1 unspecified atom stereocenters. The van der Waals surface area contributed by atoms with E-state index in [1.54, 1.807) is 12.3 Å². The number of carbonyl (C=O) groups is 2. The molecule has 20 heavy (non-hydrogen) atoms. The van der Waals surface area contributed by atoms with Gasteiger partial charge in [-0.15, -0.1) is 11.3 Å². The van der Waals surface area contributed by atoms with Crippen molar-refractivity contribution in [2.45, 2.75) is 6.04 Å². The molecular formula is C14H10N3O2S+. The number of hydrogen-bond donors (Lipinski definition) is 1. The zero-order valence-electron chi connectivity index (χ0n) is 10.3. The van der Waals surface area contributed by atoms with E-state index in [4.69, 9.17) is 0 Å². The SMILES string of the molecule is O=C1C2C=[NH+]c3ccccc3N2C(=O)N1c1cccs1. The lowest BCUT2D eigenvalue weighted by molar-refractivity contribution is -0.350. The Morgan fingerprint density at radius 2 is 1.95 bits per heavy atom. The van der Waals surface area contributed by atoms with Crippen LogP contribution >= 0.6 is 11.3 Å². The lowest BCUT2D eigenvalue weighted by Gasteiger charge is -2.20. The fourth-order valence-electron chi connectivity index (χ4n) is 2.54. The van der Waals surface area contributed by atoms with Crippen LogP contribution in [0.15, 0.2) is 41.8 Å². The predicted molar refractivity (Wildman–Crippen MR) is 76.6 cm³/mol. The molecule has 0 saturated carbocycles. The first-order valence-electron chi connectivity index (χ1n) is 6.17. The number of nitrogens with zero attached hydrogens (tertiary/aromatic N) is 2. The van der Waals surface area contributed by atoms with Crippen LogP contribution in [0.2, 0.25) is 0 Å². The Labute approximate surface area is 118 Å². The fraction of sp³-hybridized carbons (Fsp3) is 0.0714. The third kappa shape index (κ3) is 1.39. The highest BCUT2D eigenvalue weighted by Crippen LogP contribution is 2.34. The Balaban J connectivity index is 1.85. The number of benzene rings is 1. The first-order valence-corrected chi connectivity index (χ1v) is 7.05. The van der Waals surface area contributed by atoms with Crippen molar-refractivity contribution in [3.8, 4) is 0 Å². The number of urea groups is 1. The second-order valence-electron chi connectivity index (χ2n) is 4.55. The minimum Gasteiger partial charge on any atom is -0.271 e. The van der Waals surface area contributed by atoms with Crippen LogP contribution in [0.5, 0.6) is 0 Å². The molecule has 3 heterocycles. The van der Waals surface area contributed by atoms with Gasteiger partial charge >= 0.3 is 6.03 Å². The number of imide groups is 1. The summed E-state index contributed by atoms with van der Waals surface area (Å²) >= 11 is 1.38. The summed E-state index contributed by atoms with van der Waals surface area (Å²) in [6.07, 6.45) is 1.66. The van der Waals surface area contributed by atoms with E-state index in [2.05, 4.69) is 4.99 Å². The summed E-state index contributed by atoms with van der Waals surface area (Å²) < 4.78 is 0. The maximum Gasteiger partial charge on any atom is 0.337 e. The molecule has 1 aromatic heterocycles. The third-order valence-electron chi connectivity index (χ3n) is 3.44. The van der Waals surface area contributed by atoms with Crippen LogP contribution < -0.4 is 14.8 Å². The van der Waals surface area contributed by atoms with E-state index in [0.717, 1.165) is 11.4 Å². The minimum atomic E-state index is -0.584. The summed E-state index contributed by atoms with van der Waals surface area (Å²) in [7, 11) is 0. The monoisotopic (exact) mass is 284 g/mol. The number of hydrogen-bond acceptors (Lipinski definition) is 3. The summed E-state index contributed by atoms with van der Waals surface area (Å²) in [5.74, 6) is -0.223. The van der Waals surface area contributed by atoms with Gasteiger partial charge < -0.3 is 0 Å². The Bertz CT molecular complexity index is 739. The van der Waals surface area contributed by atoms with Crippen molar-refractivity contribution in [2.24, 2.45) is 0 Å². The summed E-state index contributed by atoms with van der Waals surface area (Å²) in [6, 6.07) is 10.2. The maximum atomic E-state index is 12.6. The van der Waals surface area contributed by atoms with Crippen molar-refractivity contribution in [1.29, 1.82) is 0 Å². The zero-order chi connectivity index (χ0) is 13.7. The highest BCUT2D eigenvalue weighted by atomic mass is 32.1. The van der Waals surface area contributed by atoms with Crippen molar-refractivity contribution in [2.75, 3.05) is 9.80 Å². The van der Waals surface area contributed by atoms with Gasteiger partial charge in [0.15, 0.2) is 12.3 Å². The number of carbonyl (C=O) groups excluding carboxylic acids is 2. The Kier molecular flexibility index (Phi) is 2.28. The number of rotatable bonds is 1. The van der Waals surface area contributed by atoms with Crippen molar-refractivity contribution < 1.29 is 14.6 Å². The van der Waals surface area contributed by atoms with Crippen molar-refractivity contribution in [1.82, 2.24) is 0 Å². The summed E-state index contributed by atoms with van der Waals surface area (Å²) in [5.41, 5.74) is 1.57. The lowest BCUT2D eigenvalue weighted by atomic mass is 10.1. The van der Waals surface area contributed by atoms with Crippen LogP contribution in [0.3, 0.4) is 0 Å². The molecule has 0 aliphatic carbocycles. The van der Waals surface area contributed by atoms with Gasteiger partial charge in [0.1, 0.15) is 10.7 Å². The van der Waals surface area contributed by atoms with E-state index in [0.29, 0.717) is 5.00 Å². The van der Waals surface area contributed by atoms with Gasteiger partial charge in [0.25, 0.3) is 5.91 Å². The molecule has 2 aromatic rings. The Hall–Kier alpha value is -2.47. The van der Waals surface area contributed by atoms with Crippen LogP contribution in [0.4, 0.5) is 21.2 Å². The van der Waals surface area contributed by atoms with Crippen LogP contribution in [0.1, 0.15) is 0 Å². The number of para-hydroxylation sites is 2. The van der Waals surface area contributed by atoms with E-state index in [1.807, 2.05) is 35.7 Å². The van der Waals surface area contributed by atoms with E-state index in [-0.39, 0.29) is 11.9 Å². The molecule has 1 aromatic carbocycles. The van der Waals surface area contributed by atoms with Gasteiger partial charge in [-0.2, -0.15) is 0 Å². The van der Waals surface area contributed by atoms with Crippen LogP contribution in [0.25, 0.3) is 0 Å². The molecule has 1 saturated heterocycles. The number of fused-ring (bicyclic) bond motifs is 3. The third-order valence-corrected chi connectivity index (χ3v) is 4.29.